The molecule has 1 unspecified atom stereocenters. The molecule has 4 aromatic rings. The van der Waals surface area contributed by atoms with Gasteiger partial charge in [-0.3, -0.25) is 29.4 Å². The summed E-state index contributed by atoms with van der Waals surface area (Å²) in [7, 11) is 2.13. The molecule has 0 saturated carbocycles. The molecule has 0 aliphatic carbocycles. The lowest BCUT2D eigenvalue weighted by Gasteiger charge is -2.48. The number of benzene rings is 2. The van der Waals surface area contributed by atoms with Gasteiger partial charge in [0, 0.05) is 91.0 Å². The minimum atomic E-state index is -0.632. The Morgan fingerprint density at radius 1 is 0.926 bits per heavy atom. The molecule has 4 saturated heterocycles. The number of fused-ring (bicyclic) bond motifs is 2. The molecule has 5 aliphatic heterocycles. The van der Waals surface area contributed by atoms with Crippen LogP contribution >= 0.6 is 0 Å². The highest BCUT2D eigenvalue weighted by Gasteiger charge is 2.42. The van der Waals surface area contributed by atoms with E-state index in [2.05, 4.69) is 54.5 Å². The van der Waals surface area contributed by atoms with Crippen LogP contribution in [0.4, 0.5) is 21.6 Å². The van der Waals surface area contributed by atoms with Crippen molar-refractivity contribution in [3.63, 3.8) is 0 Å². The summed E-state index contributed by atoms with van der Waals surface area (Å²) >= 11 is 0. The summed E-state index contributed by atoms with van der Waals surface area (Å²) in [6.07, 6.45) is 8.60. The van der Waals surface area contributed by atoms with E-state index in [4.69, 9.17) is 0 Å². The minimum Gasteiger partial charge on any atom is -0.371 e. The Bertz CT molecular complexity index is 2170. The van der Waals surface area contributed by atoms with Crippen LogP contribution in [-0.4, -0.2) is 89.2 Å². The van der Waals surface area contributed by atoms with Crippen LogP contribution in [0.3, 0.4) is 0 Å². The Labute approximate surface area is 313 Å². The number of aromatic nitrogens is 2. The van der Waals surface area contributed by atoms with E-state index >= 15 is 4.39 Å². The number of imide groups is 1. The van der Waals surface area contributed by atoms with Gasteiger partial charge in [0.1, 0.15) is 17.7 Å². The number of nitrogens with one attached hydrogen (secondary N) is 3. The fourth-order valence-corrected chi connectivity index (χ4v) is 9.49. The van der Waals surface area contributed by atoms with E-state index in [9.17, 15) is 19.2 Å². The largest absolute Gasteiger partial charge is 0.371 e. The van der Waals surface area contributed by atoms with Gasteiger partial charge in [0.05, 0.1) is 11.1 Å². The molecule has 1 spiro atoms. The molecule has 2 atom stereocenters. The van der Waals surface area contributed by atoms with E-state index in [0.29, 0.717) is 30.4 Å². The number of hydrogen-bond donors (Lipinski definition) is 3. The lowest BCUT2D eigenvalue weighted by atomic mass is 9.71. The van der Waals surface area contributed by atoms with Gasteiger partial charge in [-0.05, 0) is 100 Å². The number of likely N-dealkylation sites (tertiary alicyclic amines) is 1. The Morgan fingerprint density at radius 3 is 2.43 bits per heavy atom. The molecule has 13 heteroatoms. The number of H-pyrrole nitrogens is 1. The average Bonchev–Trinajstić information content (AvgIpc) is 3.88. The van der Waals surface area contributed by atoms with E-state index < -0.39 is 23.7 Å². The highest BCUT2D eigenvalue weighted by Crippen LogP contribution is 2.44. The number of carbonyl (C=O) groups is 4. The maximum Gasteiger partial charge on any atom is 0.259 e. The summed E-state index contributed by atoms with van der Waals surface area (Å²) in [5.74, 6) is -1.56. The second kappa shape index (κ2) is 13.5. The second-order valence-corrected chi connectivity index (χ2v) is 15.8. The Hall–Kier alpha value is -5.30. The third kappa shape index (κ3) is 6.17. The van der Waals surface area contributed by atoms with Gasteiger partial charge in [0.2, 0.25) is 11.8 Å². The lowest BCUT2D eigenvalue weighted by molar-refractivity contribution is -0.136. The van der Waals surface area contributed by atoms with Crippen molar-refractivity contribution < 1.29 is 23.6 Å². The number of piperidine rings is 3. The fraction of sp³-hybridized carbons (Fsp3) is 0.439. The normalized spacial score (nSPS) is 23.0. The zero-order valence-corrected chi connectivity index (χ0v) is 30.5. The summed E-state index contributed by atoms with van der Waals surface area (Å²) in [5, 5.41) is 6.14. The highest BCUT2D eigenvalue weighted by atomic mass is 19.1. The minimum absolute atomic E-state index is 0.0180. The fourth-order valence-electron chi connectivity index (χ4n) is 9.49. The summed E-state index contributed by atoms with van der Waals surface area (Å²) in [5.41, 5.74) is 5.62. The molecule has 4 fully saturated rings. The Morgan fingerprint density at radius 2 is 1.70 bits per heavy atom. The van der Waals surface area contributed by atoms with Crippen LogP contribution in [0.1, 0.15) is 89.4 Å². The first-order chi connectivity index (χ1) is 26.1. The third-order valence-corrected chi connectivity index (χ3v) is 12.8. The van der Waals surface area contributed by atoms with Gasteiger partial charge < -0.3 is 25.0 Å². The predicted octanol–water partition coefficient (Wildman–Crippen LogP) is 5.37. The number of hydrogen-bond acceptors (Lipinski definition) is 8. The van der Waals surface area contributed by atoms with Gasteiger partial charge in [-0.25, -0.2) is 9.37 Å². The molecule has 5 aliphatic rings. The van der Waals surface area contributed by atoms with E-state index in [1.807, 2.05) is 18.2 Å². The maximum atomic E-state index is 15.5. The molecule has 54 heavy (non-hydrogen) atoms. The van der Waals surface area contributed by atoms with Crippen molar-refractivity contribution in [2.24, 2.45) is 5.41 Å². The predicted molar refractivity (Wildman–Crippen MR) is 203 cm³/mol. The number of rotatable bonds is 6. The first kappa shape index (κ1) is 34.5. The van der Waals surface area contributed by atoms with Gasteiger partial charge >= 0.3 is 0 Å². The first-order valence-corrected chi connectivity index (χ1v) is 19.2. The SMILES string of the molecule is CN1CCC[C@@H]1c1cc2cnc(NC(=O)c3ccc(N4CCC5(CC4)CCN(c4cccc6c4CN(C4CCC(=O)NC4=O)C6=O)CC5)cc3F)cc2[nH]1. The van der Waals surface area contributed by atoms with Crippen LogP contribution in [0.25, 0.3) is 10.9 Å². The van der Waals surface area contributed by atoms with Crippen molar-refractivity contribution in [1.82, 2.24) is 25.1 Å². The molecular weight excluding hydrogens is 688 g/mol. The van der Waals surface area contributed by atoms with Gasteiger partial charge in [0.25, 0.3) is 11.8 Å². The standard InChI is InChI=1S/C41H45FN8O4/c1-47-15-3-6-34(47)32-20-25-23-43-36(22-31(25)44-32)45-38(52)28-8-7-26(21-30(28)42)48-16-11-41(12-17-48)13-18-49(19-14-41)33-5-2-4-27-29(33)24-50(40(27)54)35-9-10-37(51)46-39(35)53/h2,4-5,7-8,20-23,34-35,44H,3,6,9-19,24H2,1H3,(H,43,45,52)(H,46,51,53)/t34-,35?/m1/s1. The van der Waals surface area contributed by atoms with Gasteiger partial charge in [-0.2, -0.15) is 0 Å². The van der Waals surface area contributed by atoms with Crippen LogP contribution in [-0.2, 0) is 16.1 Å². The summed E-state index contributed by atoms with van der Waals surface area (Å²) in [6.45, 7) is 4.78. The van der Waals surface area contributed by atoms with Gasteiger partial charge in [-0.1, -0.05) is 6.07 Å². The van der Waals surface area contributed by atoms with Crippen molar-refractivity contribution in [3.05, 3.63) is 82.9 Å². The smallest absolute Gasteiger partial charge is 0.259 e. The van der Waals surface area contributed by atoms with E-state index in [0.717, 1.165) is 105 Å². The number of pyridine rings is 1. The van der Waals surface area contributed by atoms with E-state index in [1.54, 1.807) is 23.2 Å². The average molecular weight is 733 g/mol. The topological polar surface area (TPSA) is 134 Å². The Kier molecular flexibility index (Phi) is 8.63. The van der Waals surface area contributed by atoms with Crippen molar-refractivity contribution in [2.75, 3.05) is 54.9 Å². The van der Waals surface area contributed by atoms with Crippen LogP contribution in [0.5, 0.6) is 0 Å². The number of aromatic amines is 1. The van der Waals surface area contributed by atoms with Crippen molar-refractivity contribution in [3.8, 4) is 0 Å². The lowest BCUT2D eigenvalue weighted by Crippen LogP contribution is -2.52. The number of amides is 4. The second-order valence-electron chi connectivity index (χ2n) is 15.8. The van der Waals surface area contributed by atoms with Crippen molar-refractivity contribution in [1.29, 1.82) is 0 Å². The van der Waals surface area contributed by atoms with E-state index in [1.165, 1.54) is 6.07 Å². The molecule has 7 heterocycles. The molecule has 0 bridgehead atoms. The molecule has 3 N–H and O–H groups in total. The van der Waals surface area contributed by atoms with Gasteiger partial charge in [-0.15, -0.1) is 0 Å². The summed E-state index contributed by atoms with van der Waals surface area (Å²) in [6, 6.07) is 14.3. The van der Waals surface area contributed by atoms with Crippen LogP contribution in [0, 0.1) is 11.2 Å². The summed E-state index contributed by atoms with van der Waals surface area (Å²) in [4.78, 5) is 67.2. The zero-order valence-electron chi connectivity index (χ0n) is 30.5. The number of anilines is 3. The number of nitrogens with zero attached hydrogens (tertiary/aromatic N) is 5. The number of carbonyl (C=O) groups excluding carboxylic acids is 4. The molecule has 0 radical (unpaired) electrons. The van der Waals surface area contributed by atoms with Crippen LogP contribution in [0.2, 0.25) is 0 Å². The highest BCUT2D eigenvalue weighted by molar-refractivity contribution is 6.06. The molecule has 4 amide bonds. The molecule has 9 rings (SSSR count). The Balaban J connectivity index is 0.803. The van der Waals surface area contributed by atoms with Crippen LogP contribution < -0.4 is 20.4 Å². The van der Waals surface area contributed by atoms with Gasteiger partial charge in [0.15, 0.2) is 0 Å². The monoisotopic (exact) mass is 732 g/mol. The molecule has 2 aromatic heterocycles. The summed E-state index contributed by atoms with van der Waals surface area (Å²) < 4.78 is 15.5. The molecule has 280 valence electrons. The maximum absolute atomic E-state index is 15.5. The van der Waals surface area contributed by atoms with Crippen LogP contribution in [0.15, 0.2) is 54.7 Å². The third-order valence-electron chi connectivity index (χ3n) is 12.8. The van der Waals surface area contributed by atoms with Crippen molar-refractivity contribution in [2.45, 2.75) is 70.0 Å². The molecule has 12 nitrogen and oxygen atoms in total. The van der Waals surface area contributed by atoms with E-state index in [-0.39, 0.29) is 29.2 Å². The molecular formula is C41H45FN8O4. The first-order valence-electron chi connectivity index (χ1n) is 19.2. The molecule has 2 aromatic carbocycles. The quantitative estimate of drug-likeness (QED) is 0.226. The number of halogens is 1. The van der Waals surface area contributed by atoms with Crippen molar-refractivity contribution >= 4 is 51.7 Å². The zero-order chi connectivity index (χ0) is 37.1.